The van der Waals surface area contributed by atoms with Gasteiger partial charge in [-0.05, 0) is 45.2 Å². The number of hydrogen-bond donors (Lipinski definition) is 1. The highest BCUT2D eigenvalue weighted by Gasteiger charge is 2.20. The number of piperidine rings is 1. The van der Waals surface area contributed by atoms with E-state index in [1.165, 1.54) is 45.2 Å². The van der Waals surface area contributed by atoms with Crippen LogP contribution in [0.5, 0.6) is 0 Å². The van der Waals surface area contributed by atoms with Crippen LogP contribution in [0.15, 0.2) is 0 Å². The highest BCUT2D eigenvalue weighted by atomic mass is 16.2. The summed E-state index contributed by atoms with van der Waals surface area (Å²) in [5.41, 5.74) is 0. The summed E-state index contributed by atoms with van der Waals surface area (Å²) in [5.74, 6) is 0. The summed E-state index contributed by atoms with van der Waals surface area (Å²) >= 11 is 0. The normalized spacial score (nSPS) is 24.0. The maximum atomic E-state index is 8.75. The number of nitrogens with zero attached hydrogens (tertiary/aromatic N) is 1. The Morgan fingerprint density at radius 2 is 2.14 bits per heavy atom. The zero-order valence-electron chi connectivity index (χ0n) is 9.54. The van der Waals surface area contributed by atoms with Crippen LogP contribution in [0.25, 0.3) is 0 Å². The molecule has 0 saturated carbocycles. The van der Waals surface area contributed by atoms with E-state index >= 15 is 0 Å². The summed E-state index contributed by atoms with van der Waals surface area (Å²) in [5, 5.41) is 8.75. The molecule has 1 fully saturated rings. The lowest BCUT2D eigenvalue weighted by molar-refractivity contribution is 0.133. The molecule has 84 valence electrons. The molecule has 0 aliphatic carbocycles. The van der Waals surface area contributed by atoms with Gasteiger partial charge >= 0.3 is 0 Å². The molecule has 1 heterocycles. The second-order valence-corrected chi connectivity index (χ2v) is 4.40. The van der Waals surface area contributed by atoms with Gasteiger partial charge in [0.05, 0.1) is 0 Å². The summed E-state index contributed by atoms with van der Waals surface area (Å²) in [6.45, 7) is 5.12. The van der Waals surface area contributed by atoms with Crippen LogP contribution in [-0.2, 0) is 0 Å². The zero-order chi connectivity index (χ0) is 10.2. The van der Waals surface area contributed by atoms with E-state index in [1.807, 2.05) is 0 Å². The van der Waals surface area contributed by atoms with E-state index in [-0.39, 0.29) is 0 Å². The monoisotopic (exact) mass is 199 g/mol. The second-order valence-electron chi connectivity index (χ2n) is 4.40. The third-order valence-electron chi connectivity index (χ3n) is 3.22. The Balaban J connectivity index is 2.22. The van der Waals surface area contributed by atoms with Gasteiger partial charge in [-0.1, -0.05) is 19.8 Å². The van der Waals surface area contributed by atoms with Gasteiger partial charge in [-0.25, -0.2) is 0 Å². The summed E-state index contributed by atoms with van der Waals surface area (Å²) in [6, 6.07) is 0.840. The molecule has 1 saturated heterocycles. The Bertz CT molecular complexity index is 136. The fourth-order valence-corrected chi connectivity index (χ4v) is 2.44. The van der Waals surface area contributed by atoms with Gasteiger partial charge in [-0.3, -0.25) is 0 Å². The third-order valence-corrected chi connectivity index (χ3v) is 3.22. The Morgan fingerprint density at radius 1 is 1.29 bits per heavy atom. The van der Waals surface area contributed by atoms with E-state index in [4.69, 9.17) is 5.11 Å². The smallest absolute Gasteiger partial charge is 0.0431 e. The highest BCUT2D eigenvalue weighted by molar-refractivity contribution is 4.76. The molecule has 1 unspecified atom stereocenters. The second kappa shape index (κ2) is 7.24. The average molecular weight is 199 g/mol. The fraction of sp³-hybridized carbons (Fsp3) is 1.00. The summed E-state index contributed by atoms with van der Waals surface area (Å²) < 4.78 is 0. The van der Waals surface area contributed by atoms with Crippen molar-refractivity contribution in [3.63, 3.8) is 0 Å². The molecule has 1 rings (SSSR count). The van der Waals surface area contributed by atoms with Gasteiger partial charge in [0.2, 0.25) is 0 Å². The first-order valence-electron chi connectivity index (χ1n) is 6.23. The molecule has 0 spiro atoms. The summed E-state index contributed by atoms with van der Waals surface area (Å²) in [4.78, 5) is 2.64. The van der Waals surface area contributed by atoms with Crippen LogP contribution >= 0.6 is 0 Å². The minimum Gasteiger partial charge on any atom is -0.396 e. The molecule has 0 amide bonds. The van der Waals surface area contributed by atoms with Crippen molar-refractivity contribution in [2.24, 2.45) is 0 Å². The molecule has 0 aromatic carbocycles. The molecule has 0 aromatic heterocycles. The quantitative estimate of drug-likeness (QED) is 0.664. The van der Waals surface area contributed by atoms with Crippen molar-refractivity contribution in [2.75, 3.05) is 19.7 Å². The molecule has 2 nitrogen and oxygen atoms in total. The predicted molar refractivity (Wildman–Crippen MR) is 60.4 cm³/mol. The lowest BCUT2D eigenvalue weighted by atomic mass is 9.98. The van der Waals surface area contributed by atoms with Crippen molar-refractivity contribution in [3.05, 3.63) is 0 Å². The SMILES string of the molecule is CCCC1CCCCN1CCCCO. The Morgan fingerprint density at radius 3 is 2.86 bits per heavy atom. The van der Waals surface area contributed by atoms with Gasteiger partial charge in [0.1, 0.15) is 0 Å². The molecule has 14 heavy (non-hydrogen) atoms. The molecule has 1 aliphatic rings. The number of aliphatic hydroxyl groups is 1. The van der Waals surface area contributed by atoms with Gasteiger partial charge in [0.25, 0.3) is 0 Å². The summed E-state index contributed by atoms with van der Waals surface area (Å²) in [7, 11) is 0. The number of hydrogen-bond acceptors (Lipinski definition) is 2. The first-order valence-corrected chi connectivity index (χ1v) is 6.23. The number of unbranched alkanes of at least 4 members (excludes halogenated alkanes) is 1. The minimum absolute atomic E-state index is 0.353. The highest BCUT2D eigenvalue weighted by Crippen LogP contribution is 2.20. The molecule has 1 aliphatic heterocycles. The minimum atomic E-state index is 0.353. The van der Waals surface area contributed by atoms with Gasteiger partial charge < -0.3 is 10.0 Å². The standard InChI is InChI=1S/C12H25NO/c1-2-7-12-8-3-4-9-13(12)10-5-6-11-14/h12,14H,2-11H2,1H3. The molecular weight excluding hydrogens is 174 g/mol. The van der Waals surface area contributed by atoms with Crippen LogP contribution in [0.3, 0.4) is 0 Å². The lowest BCUT2D eigenvalue weighted by Gasteiger charge is -2.35. The fourth-order valence-electron chi connectivity index (χ4n) is 2.44. The van der Waals surface area contributed by atoms with Crippen LogP contribution in [-0.4, -0.2) is 35.7 Å². The van der Waals surface area contributed by atoms with E-state index in [9.17, 15) is 0 Å². The van der Waals surface area contributed by atoms with Crippen molar-refractivity contribution in [3.8, 4) is 0 Å². The lowest BCUT2D eigenvalue weighted by Crippen LogP contribution is -2.39. The molecule has 2 heteroatoms. The van der Waals surface area contributed by atoms with Gasteiger partial charge in [0, 0.05) is 12.6 Å². The predicted octanol–water partition coefficient (Wildman–Crippen LogP) is 2.41. The number of aliphatic hydroxyl groups excluding tert-OH is 1. The Labute approximate surface area is 88.3 Å². The topological polar surface area (TPSA) is 23.5 Å². The van der Waals surface area contributed by atoms with Crippen LogP contribution in [0.2, 0.25) is 0 Å². The van der Waals surface area contributed by atoms with E-state index in [0.717, 1.165) is 18.9 Å². The zero-order valence-corrected chi connectivity index (χ0v) is 9.54. The van der Waals surface area contributed by atoms with Crippen LogP contribution in [0, 0.1) is 0 Å². The Kier molecular flexibility index (Phi) is 6.20. The van der Waals surface area contributed by atoms with Crippen LogP contribution in [0.1, 0.15) is 51.9 Å². The Hall–Kier alpha value is -0.0800. The van der Waals surface area contributed by atoms with Crippen LogP contribution in [0.4, 0.5) is 0 Å². The first kappa shape index (κ1) is 12.0. The van der Waals surface area contributed by atoms with Crippen molar-refractivity contribution in [2.45, 2.75) is 57.9 Å². The van der Waals surface area contributed by atoms with Crippen molar-refractivity contribution < 1.29 is 5.11 Å². The van der Waals surface area contributed by atoms with Gasteiger partial charge in [0.15, 0.2) is 0 Å². The van der Waals surface area contributed by atoms with E-state index < -0.39 is 0 Å². The van der Waals surface area contributed by atoms with Crippen molar-refractivity contribution >= 4 is 0 Å². The molecule has 0 bridgehead atoms. The molecule has 0 aromatic rings. The average Bonchev–Trinajstić information content (AvgIpc) is 2.21. The maximum Gasteiger partial charge on any atom is 0.0431 e. The van der Waals surface area contributed by atoms with Crippen molar-refractivity contribution in [1.82, 2.24) is 4.90 Å². The van der Waals surface area contributed by atoms with Gasteiger partial charge in [-0.15, -0.1) is 0 Å². The summed E-state index contributed by atoms with van der Waals surface area (Å²) in [6.07, 6.45) is 8.99. The maximum absolute atomic E-state index is 8.75. The van der Waals surface area contributed by atoms with E-state index in [2.05, 4.69) is 11.8 Å². The molecule has 1 N–H and O–H groups in total. The van der Waals surface area contributed by atoms with Crippen LogP contribution < -0.4 is 0 Å². The molecule has 0 radical (unpaired) electrons. The first-order chi connectivity index (χ1) is 6.88. The third kappa shape index (κ3) is 3.97. The van der Waals surface area contributed by atoms with E-state index in [1.54, 1.807) is 0 Å². The largest absolute Gasteiger partial charge is 0.396 e. The van der Waals surface area contributed by atoms with Crippen molar-refractivity contribution in [1.29, 1.82) is 0 Å². The number of likely N-dealkylation sites (tertiary alicyclic amines) is 1. The van der Waals surface area contributed by atoms with Gasteiger partial charge in [-0.2, -0.15) is 0 Å². The molecule has 1 atom stereocenters. The number of rotatable bonds is 6. The molecular formula is C12H25NO. The van der Waals surface area contributed by atoms with E-state index in [0.29, 0.717) is 6.61 Å².